The number of carbonyl (C=O) groups is 2. The third-order valence-electron chi connectivity index (χ3n) is 8.23. The number of hydrogen-bond acceptors (Lipinski definition) is 4. The maximum absolute atomic E-state index is 14.8. The van der Waals surface area contributed by atoms with Gasteiger partial charge in [0.05, 0.1) is 5.69 Å². The van der Waals surface area contributed by atoms with Gasteiger partial charge >= 0.3 is 0 Å². The van der Waals surface area contributed by atoms with E-state index in [9.17, 15) is 14.0 Å². The van der Waals surface area contributed by atoms with Gasteiger partial charge in [-0.1, -0.05) is 26.7 Å². The number of carbonyl (C=O) groups excluding carboxylic acids is 2. The van der Waals surface area contributed by atoms with Gasteiger partial charge in [0.2, 0.25) is 5.91 Å². The fourth-order valence-electron chi connectivity index (χ4n) is 7.86. The number of anilines is 1. The first-order valence-electron chi connectivity index (χ1n) is 13.1. The fraction of sp³-hybridized carbons (Fsp3) is 0.667. The summed E-state index contributed by atoms with van der Waals surface area (Å²) in [6, 6.07) is 4.40. The summed E-state index contributed by atoms with van der Waals surface area (Å²) in [5.41, 5.74) is 2.82. The molecule has 36 heavy (non-hydrogen) atoms. The predicted octanol–water partition coefficient (Wildman–Crippen LogP) is 5.05. The maximum atomic E-state index is 14.8. The highest BCUT2D eigenvalue weighted by molar-refractivity contribution is 7.80. The second kappa shape index (κ2) is 10.6. The second-order valence-corrected chi connectivity index (χ2v) is 12.5. The SMILES string of the molecule is CC12CC3CC(C)(C1)CC(NC(=S)Nc1ccc(C(=O)NCCCCCCC(=O)NO)cc1F)(C3)C2. The van der Waals surface area contributed by atoms with Gasteiger partial charge in [-0.25, -0.2) is 9.87 Å². The first kappa shape index (κ1) is 26.8. The molecular formula is C27H39FN4O3S. The average Bonchev–Trinajstić information content (AvgIpc) is 2.76. The molecule has 198 valence electrons. The normalized spacial score (nSPS) is 30.1. The third-order valence-corrected chi connectivity index (χ3v) is 8.43. The molecule has 2 amide bonds. The lowest BCUT2D eigenvalue weighted by Gasteiger charge is -2.65. The number of hydrogen-bond donors (Lipinski definition) is 5. The Labute approximate surface area is 218 Å². The van der Waals surface area contributed by atoms with E-state index < -0.39 is 11.7 Å². The van der Waals surface area contributed by atoms with E-state index in [1.54, 1.807) is 17.6 Å². The Balaban J connectivity index is 1.24. The van der Waals surface area contributed by atoms with Gasteiger partial charge in [-0.15, -0.1) is 0 Å². The molecule has 7 nitrogen and oxygen atoms in total. The van der Waals surface area contributed by atoms with Crippen LogP contribution in [0.5, 0.6) is 0 Å². The Bertz CT molecular complexity index is 1000. The van der Waals surface area contributed by atoms with Crippen molar-refractivity contribution in [1.82, 2.24) is 16.1 Å². The zero-order valence-electron chi connectivity index (χ0n) is 21.3. The summed E-state index contributed by atoms with van der Waals surface area (Å²) in [5.74, 6) is -0.501. The Morgan fingerprint density at radius 1 is 1.06 bits per heavy atom. The molecule has 4 fully saturated rings. The van der Waals surface area contributed by atoms with Gasteiger partial charge in [-0.3, -0.25) is 14.8 Å². The number of halogens is 1. The maximum Gasteiger partial charge on any atom is 0.251 e. The van der Waals surface area contributed by atoms with Crippen LogP contribution in [0.15, 0.2) is 18.2 Å². The summed E-state index contributed by atoms with van der Waals surface area (Å²) in [7, 11) is 0. The molecule has 4 saturated carbocycles. The molecule has 5 rings (SSSR count). The zero-order valence-corrected chi connectivity index (χ0v) is 22.2. The van der Waals surface area contributed by atoms with E-state index in [1.807, 2.05) is 0 Å². The molecule has 1 aromatic rings. The fourth-order valence-corrected chi connectivity index (χ4v) is 8.19. The van der Waals surface area contributed by atoms with Crippen LogP contribution < -0.4 is 21.4 Å². The van der Waals surface area contributed by atoms with Crippen LogP contribution in [0, 0.1) is 22.6 Å². The third kappa shape index (κ3) is 6.35. The highest BCUT2D eigenvalue weighted by Crippen LogP contribution is 2.66. The molecule has 2 unspecified atom stereocenters. The lowest BCUT2D eigenvalue weighted by Crippen LogP contribution is -2.65. The first-order valence-corrected chi connectivity index (χ1v) is 13.5. The van der Waals surface area contributed by atoms with Gasteiger partial charge in [0.1, 0.15) is 5.82 Å². The van der Waals surface area contributed by atoms with Gasteiger partial charge in [0.25, 0.3) is 5.91 Å². The number of rotatable bonds is 10. The number of unbranched alkanes of at least 4 members (excludes halogenated alkanes) is 3. The van der Waals surface area contributed by atoms with E-state index in [1.165, 1.54) is 25.3 Å². The van der Waals surface area contributed by atoms with E-state index in [2.05, 4.69) is 29.8 Å². The molecule has 1 aromatic carbocycles. The lowest BCUT2D eigenvalue weighted by atomic mass is 9.43. The van der Waals surface area contributed by atoms with Crippen molar-refractivity contribution in [2.45, 2.75) is 90.0 Å². The van der Waals surface area contributed by atoms with Crippen molar-refractivity contribution >= 4 is 34.8 Å². The minimum Gasteiger partial charge on any atom is -0.357 e. The van der Waals surface area contributed by atoms with Crippen molar-refractivity contribution in [1.29, 1.82) is 0 Å². The molecule has 0 heterocycles. The first-order chi connectivity index (χ1) is 17.0. The highest BCUT2D eigenvalue weighted by atomic mass is 32.1. The molecule has 4 aliphatic rings. The molecule has 2 atom stereocenters. The molecule has 0 aliphatic heterocycles. The number of thiocarbonyl (C=S) groups is 1. The molecule has 9 heteroatoms. The Morgan fingerprint density at radius 3 is 2.39 bits per heavy atom. The topological polar surface area (TPSA) is 102 Å². The second-order valence-electron chi connectivity index (χ2n) is 12.1. The van der Waals surface area contributed by atoms with Crippen molar-refractivity contribution in [2.75, 3.05) is 11.9 Å². The number of nitrogens with one attached hydrogen (secondary N) is 4. The van der Waals surface area contributed by atoms with E-state index in [4.69, 9.17) is 17.4 Å². The summed E-state index contributed by atoms with van der Waals surface area (Å²) in [4.78, 5) is 23.4. The van der Waals surface area contributed by atoms with Crippen LogP contribution in [0.1, 0.15) is 94.8 Å². The van der Waals surface area contributed by atoms with E-state index >= 15 is 0 Å². The molecular weight excluding hydrogens is 479 g/mol. The minimum absolute atomic E-state index is 0.0193. The Hall–Kier alpha value is -2.26. The van der Waals surface area contributed by atoms with Crippen LogP contribution in [0.2, 0.25) is 0 Å². The van der Waals surface area contributed by atoms with Crippen LogP contribution >= 0.6 is 12.2 Å². The van der Waals surface area contributed by atoms with E-state index in [0.717, 1.165) is 44.4 Å². The predicted molar refractivity (Wildman–Crippen MR) is 141 cm³/mol. The van der Waals surface area contributed by atoms with Gasteiger partial charge < -0.3 is 16.0 Å². The van der Waals surface area contributed by atoms with E-state index in [-0.39, 0.29) is 29.1 Å². The van der Waals surface area contributed by atoms with Gasteiger partial charge in [0, 0.05) is 24.1 Å². The summed E-state index contributed by atoms with van der Waals surface area (Å²) in [6.07, 6.45) is 10.6. The summed E-state index contributed by atoms with van der Waals surface area (Å²) >= 11 is 5.61. The van der Waals surface area contributed by atoms with Crippen molar-refractivity contribution in [3.63, 3.8) is 0 Å². The minimum atomic E-state index is -0.515. The molecule has 4 bridgehead atoms. The average molecular weight is 519 g/mol. The van der Waals surface area contributed by atoms with Crippen LogP contribution in [0.25, 0.3) is 0 Å². The Kier molecular flexibility index (Phi) is 7.90. The van der Waals surface area contributed by atoms with Crippen molar-refractivity contribution < 1.29 is 19.2 Å². The van der Waals surface area contributed by atoms with Crippen LogP contribution in [0.4, 0.5) is 10.1 Å². The molecule has 4 aliphatic carbocycles. The monoisotopic (exact) mass is 518 g/mol. The van der Waals surface area contributed by atoms with Crippen molar-refractivity contribution in [2.24, 2.45) is 16.7 Å². The number of benzene rings is 1. The summed E-state index contributed by atoms with van der Waals surface area (Å²) in [6.45, 7) is 5.29. The molecule has 0 radical (unpaired) electrons. The largest absolute Gasteiger partial charge is 0.357 e. The molecule has 5 N–H and O–H groups in total. The standard InChI is InChI=1S/C27H39FN4O3S/c1-25-12-18-13-26(2,15-25)17-27(14-18,16-25)31-24(36)30-21-9-8-19(11-20(21)28)23(34)29-10-6-4-3-5-7-22(33)32-35/h8-9,11,18,35H,3-7,10,12-17H2,1-2H3,(H,29,34)(H,32,33)(H2,30,31,36). The lowest BCUT2D eigenvalue weighted by molar-refractivity contribution is -0.129. The molecule has 0 saturated heterocycles. The van der Waals surface area contributed by atoms with Crippen molar-refractivity contribution in [3.05, 3.63) is 29.6 Å². The zero-order chi connectivity index (χ0) is 26.0. The number of amides is 2. The smallest absolute Gasteiger partial charge is 0.251 e. The molecule has 0 aromatic heterocycles. The van der Waals surface area contributed by atoms with Crippen LogP contribution in [-0.4, -0.2) is 34.2 Å². The van der Waals surface area contributed by atoms with Gasteiger partial charge in [0.15, 0.2) is 5.11 Å². The van der Waals surface area contributed by atoms with Crippen LogP contribution in [-0.2, 0) is 4.79 Å². The quantitative estimate of drug-likeness (QED) is 0.129. The summed E-state index contributed by atoms with van der Waals surface area (Å²) in [5, 5.41) is 18.3. The number of hydroxylamine groups is 1. The van der Waals surface area contributed by atoms with Gasteiger partial charge in [-0.05, 0) is 98.5 Å². The van der Waals surface area contributed by atoms with Gasteiger partial charge in [-0.2, -0.15) is 0 Å². The summed E-state index contributed by atoms with van der Waals surface area (Å²) < 4.78 is 14.8. The Morgan fingerprint density at radius 2 is 1.75 bits per heavy atom. The highest BCUT2D eigenvalue weighted by Gasteiger charge is 2.60. The van der Waals surface area contributed by atoms with Crippen molar-refractivity contribution in [3.8, 4) is 0 Å². The van der Waals surface area contributed by atoms with E-state index in [0.29, 0.717) is 28.9 Å². The molecule has 0 spiro atoms. The van der Waals surface area contributed by atoms with Crippen LogP contribution in [0.3, 0.4) is 0 Å².